The minimum Gasteiger partial charge on any atom is -0.465 e. The Labute approximate surface area is 68.9 Å². The van der Waals surface area contributed by atoms with Gasteiger partial charge in [-0.1, -0.05) is 26.2 Å². The fraction of sp³-hybridized carbons (Fsp3) is 0.778. The van der Waals surface area contributed by atoms with Gasteiger partial charge >= 0.3 is 0 Å². The van der Waals surface area contributed by atoms with Crippen LogP contribution < -0.4 is 0 Å². The van der Waals surface area contributed by atoms with Gasteiger partial charge in [-0.25, -0.2) is 0 Å². The van der Waals surface area contributed by atoms with Gasteiger partial charge < -0.3 is 4.74 Å². The van der Waals surface area contributed by atoms with E-state index in [0.29, 0.717) is 6.47 Å². The minimum atomic E-state index is -0.149. The molecule has 1 radical (unpaired) electrons. The Morgan fingerprint density at radius 1 is 1.45 bits per heavy atom. The van der Waals surface area contributed by atoms with Crippen LogP contribution in [-0.4, -0.2) is 12.6 Å². The molecule has 0 aromatic carbocycles. The molecule has 0 aliphatic carbocycles. The highest BCUT2D eigenvalue weighted by atomic mass is 16.5. The van der Waals surface area contributed by atoms with E-state index >= 15 is 0 Å². The summed E-state index contributed by atoms with van der Waals surface area (Å²) in [6.45, 7) is 6.31. The van der Waals surface area contributed by atoms with Crippen molar-refractivity contribution in [1.29, 1.82) is 0 Å². The van der Waals surface area contributed by atoms with Gasteiger partial charge in [-0.05, 0) is 19.8 Å². The van der Waals surface area contributed by atoms with Crippen molar-refractivity contribution < 1.29 is 9.53 Å². The predicted octanol–water partition coefficient (Wildman–Crippen LogP) is 2.33. The van der Waals surface area contributed by atoms with E-state index in [1.165, 1.54) is 19.3 Å². The van der Waals surface area contributed by atoms with Crippen LogP contribution in [0.3, 0.4) is 0 Å². The second-order valence-corrected chi connectivity index (χ2v) is 2.70. The third-order valence-corrected chi connectivity index (χ3v) is 1.63. The molecule has 0 amide bonds. The van der Waals surface area contributed by atoms with Crippen molar-refractivity contribution in [3.8, 4) is 0 Å². The molecule has 2 nitrogen and oxygen atoms in total. The van der Waals surface area contributed by atoms with Crippen LogP contribution in [0, 0.1) is 6.92 Å². The number of unbranched alkanes of at least 4 members (excludes halogenated alkanes) is 3. The highest BCUT2D eigenvalue weighted by molar-refractivity contribution is 5.37. The van der Waals surface area contributed by atoms with Crippen molar-refractivity contribution >= 4 is 6.47 Å². The monoisotopic (exact) mass is 157 g/mol. The molecule has 0 aromatic rings. The summed E-state index contributed by atoms with van der Waals surface area (Å²) in [6, 6.07) is 0. The molecule has 0 rings (SSSR count). The maximum atomic E-state index is 9.84. The lowest BCUT2D eigenvalue weighted by molar-refractivity contribution is -0.131. The second kappa shape index (κ2) is 7.58. The maximum Gasteiger partial charge on any atom is 0.293 e. The van der Waals surface area contributed by atoms with Crippen molar-refractivity contribution in [2.24, 2.45) is 0 Å². The van der Waals surface area contributed by atoms with E-state index in [-0.39, 0.29) is 6.10 Å². The largest absolute Gasteiger partial charge is 0.465 e. The molecular formula is C9H17O2. The van der Waals surface area contributed by atoms with Gasteiger partial charge in [-0.15, -0.1) is 0 Å². The van der Waals surface area contributed by atoms with Crippen LogP contribution >= 0.6 is 0 Å². The SMILES string of the molecule is [CH2]C(CCCCCC)OC=O. The quantitative estimate of drug-likeness (QED) is 0.419. The first-order chi connectivity index (χ1) is 5.31. The van der Waals surface area contributed by atoms with Crippen molar-refractivity contribution in [3.63, 3.8) is 0 Å². The van der Waals surface area contributed by atoms with Crippen LogP contribution in [0.5, 0.6) is 0 Å². The zero-order valence-electron chi connectivity index (χ0n) is 7.21. The van der Waals surface area contributed by atoms with Gasteiger partial charge in [0.15, 0.2) is 0 Å². The van der Waals surface area contributed by atoms with Crippen molar-refractivity contribution in [2.75, 3.05) is 0 Å². The van der Waals surface area contributed by atoms with E-state index in [2.05, 4.69) is 18.6 Å². The Kier molecular flexibility index (Phi) is 7.21. The third kappa shape index (κ3) is 7.37. The van der Waals surface area contributed by atoms with Crippen molar-refractivity contribution in [2.45, 2.75) is 45.1 Å². The van der Waals surface area contributed by atoms with E-state index in [1.807, 2.05) is 0 Å². The number of hydrogen-bond acceptors (Lipinski definition) is 2. The first-order valence-corrected chi connectivity index (χ1v) is 4.23. The average Bonchev–Trinajstić information content (AvgIpc) is 1.99. The highest BCUT2D eigenvalue weighted by Crippen LogP contribution is 2.06. The summed E-state index contributed by atoms with van der Waals surface area (Å²) >= 11 is 0. The molecular weight excluding hydrogens is 140 g/mol. The molecule has 0 aromatic heterocycles. The predicted molar refractivity (Wildman–Crippen MR) is 45.1 cm³/mol. The van der Waals surface area contributed by atoms with Crippen LogP contribution in [0.1, 0.15) is 39.0 Å². The summed E-state index contributed by atoms with van der Waals surface area (Å²) in [5.41, 5.74) is 0. The molecule has 0 spiro atoms. The Morgan fingerprint density at radius 3 is 2.73 bits per heavy atom. The standard InChI is InChI=1S/C9H17O2/c1-3-4-5-6-7-9(2)11-8-10/h8-9H,2-7H2,1H3. The van der Waals surface area contributed by atoms with Gasteiger partial charge in [0.05, 0.1) is 0 Å². The zero-order chi connectivity index (χ0) is 8.53. The van der Waals surface area contributed by atoms with E-state index in [9.17, 15) is 4.79 Å². The lowest BCUT2D eigenvalue weighted by Gasteiger charge is -2.07. The average molecular weight is 157 g/mol. The number of carbonyl (C=O) groups is 1. The molecule has 0 saturated carbocycles. The molecule has 0 aliphatic rings. The van der Waals surface area contributed by atoms with Crippen molar-refractivity contribution in [3.05, 3.63) is 6.92 Å². The molecule has 0 fully saturated rings. The van der Waals surface area contributed by atoms with Crippen LogP contribution in [0.2, 0.25) is 0 Å². The van der Waals surface area contributed by atoms with E-state index in [4.69, 9.17) is 0 Å². The van der Waals surface area contributed by atoms with E-state index < -0.39 is 0 Å². The number of ether oxygens (including phenoxy) is 1. The first-order valence-electron chi connectivity index (χ1n) is 4.23. The molecule has 0 N–H and O–H groups in total. The van der Waals surface area contributed by atoms with E-state index in [0.717, 1.165) is 12.8 Å². The molecule has 1 unspecified atom stereocenters. The molecule has 2 heteroatoms. The van der Waals surface area contributed by atoms with Gasteiger partial charge in [0.25, 0.3) is 6.47 Å². The fourth-order valence-electron chi connectivity index (χ4n) is 0.945. The molecule has 65 valence electrons. The minimum absolute atomic E-state index is 0.149. The van der Waals surface area contributed by atoms with E-state index in [1.54, 1.807) is 0 Å². The lowest BCUT2D eigenvalue weighted by Crippen LogP contribution is -2.06. The summed E-state index contributed by atoms with van der Waals surface area (Å²) in [4.78, 5) is 9.84. The summed E-state index contributed by atoms with van der Waals surface area (Å²) in [6.07, 6.45) is 5.55. The molecule has 11 heavy (non-hydrogen) atoms. The van der Waals surface area contributed by atoms with Crippen LogP contribution in [0.25, 0.3) is 0 Å². The van der Waals surface area contributed by atoms with Crippen LogP contribution in [0.4, 0.5) is 0 Å². The maximum absolute atomic E-state index is 9.84. The van der Waals surface area contributed by atoms with Gasteiger partial charge in [0.2, 0.25) is 0 Å². The summed E-state index contributed by atoms with van der Waals surface area (Å²) in [7, 11) is 0. The first kappa shape index (κ1) is 10.5. The normalized spacial score (nSPS) is 12.5. The third-order valence-electron chi connectivity index (χ3n) is 1.63. The Morgan fingerprint density at radius 2 is 2.18 bits per heavy atom. The van der Waals surface area contributed by atoms with Gasteiger partial charge in [-0.3, -0.25) is 4.79 Å². The van der Waals surface area contributed by atoms with Crippen molar-refractivity contribution in [1.82, 2.24) is 0 Å². The Bertz CT molecular complexity index is 91.6. The summed E-state index contributed by atoms with van der Waals surface area (Å²) in [5, 5.41) is 0. The van der Waals surface area contributed by atoms with Gasteiger partial charge in [0, 0.05) is 0 Å². The Hall–Kier alpha value is -0.530. The topological polar surface area (TPSA) is 26.3 Å². The molecule has 0 aliphatic heterocycles. The Balaban J connectivity index is 3.03. The fourth-order valence-corrected chi connectivity index (χ4v) is 0.945. The summed E-state index contributed by atoms with van der Waals surface area (Å²) < 4.78 is 4.63. The smallest absolute Gasteiger partial charge is 0.293 e. The second-order valence-electron chi connectivity index (χ2n) is 2.70. The number of hydrogen-bond donors (Lipinski definition) is 0. The van der Waals surface area contributed by atoms with Crippen LogP contribution in [-0.2, 0) is 9.53 Å². The lowest BCUT2D eigenvalue weighted by atomic mass is 10.1. The van der Waals surface area contributed by atoms with Gasteiger partial charge in [-0.2, -0.15) is 0 Å². The zero-order valence-corrected chi connectivity index (χ0v) is 7.21. The molecule has 0 bridgehead atoms. The molecule has 1 atom stereocenters. The van der Waals surface area contributed by atoms with Crippen LogP contribution in [0.15, 0.2) is 0 Å². The summed E-state index contributed by atoms with van der Waals surface area (Å²) in [5.74, 6) is 0. The number of rotatable bonds is 7. The van der Waals surface area contributed by atoms with Gasteiger partial charge in [0.1, 0.15) is 6.10 Å². The molecule has 0 heterocycles. The molecule has 0 saturated heterocycles. The highest BCUT2D eigenvalue weighted by Gasteiger charge is 1.99. The number of carbonyl (C=O) groups excluding carboxylic acids is 1.